The maximum absolute atomic E-state index is 11.3. The van der Waals surface area contributed by atoms with Crippen molar-refractivity contribution < 1.29 is 19.1 Å². The smallest absolute Gasteiger partial charge is 0.329 e. The number of ether oxygens (including phenoxy) is 2. The van der Waals surface area contributed by atoms with Crippen LogP contribution in [0.2, 0.25) is 0 Å². The van der Waals surface area contributed by atoms with Crippen molar-refractivity contribution in [3.8, 4) is 0 Å². The number of nitrogens with one attached hydrogen (secondary N) is 2. The molecule has 0 aliphatic carbocycles. The van der Waals surface area contributed by atoms with Crippen molar-refractivity contribution >= 4 is 11.9 Å². The summed E-state index contributed by atoms with van der Waals surface area (Å²) >= 11 is 0. The number of hydrogen-bond acceptors (Lipinski definition) is 5. The topological polar surface area (TPSA) is 76.7 Å². The highest BCUT2D eigenvalue weighted by atomic mass is 16.5. The van der Waals surface area contributed by atoms with Crippen molar-refractivity contribution in [1.82, 2.24) is 10.6 Å². The molecule has 0 rings (SSSR count). The first-order valence-electron chi connectivity index (χ1n) is 5.66. The van der Waals surface area contributed by atoms with Crippen LogP contribution in [0.4, 0.5) is 0 Å². The Balaban J connectivity index is 3.76. The van der Waals surface area contributed by atoms with Gasteiger partial charge in [0.25, 0.3) is 0 Å². The largest absolute Gasteiger partial charge is 0.467 e. The molecule has 1 unspecified atom stereocenters. The van der Waals surface area contributed by atoms with Crippen molar-refractivity contribution in [2.45, 2.75) is 25.8 Å². The Hall–Kier alpha value is -1.14. The fourth-order valence-corrected chi connectivity index (χ4v) is 1.32. The Kier molecular flexibility index (Phi) is 9.37. The van der Waals surface area contributed by atoms with Crippen LogP contribution in [0.1, 0.15) is 19.8 Å². The zero-order chi connectivity index (χ0) is 13.1. The zero-order valence-electron chi connectivity index (χ0n) is 10.7. The fourth-order valence-electron chi connectivity index (χ4n) is 1.32. The molecule has 100 valence electrons. The summed E-state index contributed by atoms with van der Waals surface area (Å²) in [6, 6.07) is -0.625. The third kappa shape index (κ3) is 8.65. The Labute approximate surface area is 102 Å². The number of methoxy groups -OCH3 is 2. The van der Waals surface area contributed by atoms with Crippen LogP contribution in [0.25, 0.3) is 0 Å². The molecule has 2 N–H and O–H groups in total. The standard InChI is InChI=1S/C11H22N2O4/c1-9(14)13-10(11(15)17-3)8-12-6-4-5-7-16-2/h10,12H,4-8H2,1-3H3,(H,13,14). The van der Waals surface area contributed by atoms with Gasteiger partial charge in [0.1, 0.15) is 6.04 Å². The van der Waals surface area contributed by atoms with Gasteiger partial charge in [-0.05, 0) is 19.4 Å². The summed E-state index contributed by atoms with van der Waals surface area (Å²) in [5, 5.41) is 5.63. The lowest BCUT2D eigenvalue weighted by molar-refractivity contribution is -0.144. The second kappa shape index (κ2) is 10.0. The van der Waals surface area contributed by atoms with Crippen molar-refractivity contribution in [2.75, 3.05) is 33.9 Å². The van der Waals surface area contributed by atoms with Crippen LogP contribution in [0.5, 0.6) is 0 Å². The molecule has 0 aromatic carbocycles. The predicted molar refractivity (Wildman–Crippen MR) is 63.6 cm³/mol. The summed E-state index contributed by atoms with van der Waals surface area (Å²) in [7, 11) is 2.97. The third-order valence-electron chi connectivity index (χ3n) is 2.16. The lowest BCUT2D eigenvalue weighted by Crippen LogP contribution is -2.47. The van der Waals surface area contributed by atoms with Gasteiger partial charge in [-0.15, -0.1) is 0 Å². The Morgan fingerprint density at radius 3 is 2.47 bits per heavy atom. The maximum Gasteiger partial charge on any atom is 0.329 e. The highest BCUT2D eigenvalue weighted by Gasteiger charge is 2.18. The number of esters is 1. The molecule has 0 aliphatic rings. The van der Waals surface area contributed by atoms with Gasteiger partial charge in [0.05, 0.1) is 7.11 Å². The van der Waals surface area contributed by atoms with Crippen LogP contribution in [-0.4, -0.2) is 51.8 Å². The maximum atomic E-state index is 11.3. The number of hydrogen-bond donors (Lipinski definition) is 2. The molecule has 0 saturated carbocycles. The van der Waals surface area contributed by atoms with Crippen LogP contribution < -0.4 is 10.6 Å². The molecule has 0 aromatic heterocycles. The van der Waals surface area contributed by atoms with Gasteiger partial charge in [-0.1, -0.05) is 0 Å². The van der Waals surface area contributed by atoms with E-state index in [1.807, 2.05) is 0 Å². The number of unbranched alkanes of at least 4 members (excludes halogenated alkanes) is 1. The molecule has 17 heavy (non-hydrogen) atoms. The minimum Gasteiger partial charge on any atom is -0.467 e. The lowest BCUT2D eigenvalue weighted by atomic mass is 10.2. The molecule has 6 nitrogen and oxygen atoms in total. The van der Waals surface area contributed by atoms with Crippen LogP contribution in [0.15, 0.2) is 0 Å². The summed E-state index contributed by atoms with van der Waals surface area (Å²) in [6.45, 7) is 3.25. The normalized spacial score (nSPS) is 11.9. The van der Waals surface area contributed by atoms with Crippen molar-refractivity contribution in [2.24, 2.45) is 0 Å². The SMILES string of the molecule is COCCCCNCC(NC(C)=O)C(=O)OC. The molecule has 0 heterocycles. The second-order valence-corrected chi connectivity index (χ2v) is 3.68. The van der Waals surface area contributed by atoms with Gasteiger partial charge in [0.15, 0.2) is 0 Å². The minimum atomic E-state index is -0.625. The summed E-state index contributed by atoms with van der Waals surface area (Å²) in [5.41, 5.74) is 0. The zero-order valence-corrected chi connectivity index (χ0v) is 10.7. The first kappa shape index (κ1) is 15.9. The van der Waals surface area contributed by atoms with Crippen molar-refractivity contribution in [3.05, 3.63) is 0 Å². The average Bonchev–Trinajstić information content (AvgIpc) is 2.30. The van der Waals surface area contributed by atoms with E-state index in [0.29, 0.717) is 6.54 Å². The van der Waals surface area contributed by atoms with Crippen LogP contribution in [0.3, 0.4) is 0 Å². The molecule has 0 aliphatic heterocycles. The number of rotatable bonds is 9. The summed E-state index contributed by atoms with van der Waals surface area (Å²) in [5.74, 6) is -0.689. The Morgan fingerprint density at radius 1 is 1.24 bits per heavy atom. The summed E-state index contributed by atoms with van der Waals surface area (Å²) in [4.78, 5) is 22.2. The Morgan fingerprint density at radius 2 is 1.94 bits per heavy atom. The van der Waals surface area contributed by atoms with E-state index in [-0.39, 0.29) is 5.91 Å². The van der Waals surface area contributed by atoms with Gasteiger partial charge in [-0.3, -0.25) is 4.79 Å². The van der Waals surface area contributed by atoms with E-state index in [1.54, 1.807) is 7.11 Å². The molecular weight excluding hydrogens is 224 g/mol. The molecule has 0 saturated heterocycles. The first-order valence-corrected chi connectivity index (χ1v) is 5.66. The molecule has 0 spiro atoms. The molecule has 1 atom stereocenters. The highest BCUT2D eigenvalue weighted by molar-refractivity contribution is 5.83. The van der Waals surface area contributed by atoms with Gasteiger partial charge >= 0.3 is 5.97 Å². The average molecular weight is 246 g/mol. The van der Waals surface area contributed by atoms with Crippen molar-refractivity contribution in [3.63, 3.8) is 0 Å². The van der Waals surface area contributed by atoms with E-state index in [2.05, 4.69) is 15.4 Å². The molecule has 1 amide bonds. The monoisotopic (exact) mass is 246 g/mol. The number of amides is 1. The predicted octanol–water partition coefficient (Wildman–Crippen LogP) is -0.320. The molecule has 6 heteroatoms. The van der Waals surface area contributed by atoms with Gasteiger partial charge in [0, 0.05) is 27.2 Å². The lowest BCUT2D eigenvalue weighted by Gasteiger charge is -2.15. The summed E-state index contributed by atoms with van der Waals surface area (Å²) < 4.78 is 9.51. The number of carbonyl (C=O) groups excluding carboxylic acids is 2. The van der Waals surface area contributed by atoms with E-state index in [1.165, 1.54) is 14.0 Å². The van der Waals surface area contributed by atoms with E-state index >= 15 is 0 Å². The minimum absolute atomic E-state index is 0.249. The molecule has 0 aromatic rings. The molecule has 0 bridgehead atoms. The van der Waals surface area contributed by atoms with Gasteiger partial charge in [0.2, 0.25) is 5.91 Å². The van der Waals surface area contributed by atoms with E-state index in [9.17, 15) is 9.59 Å². The molecule has 0 radical (unpaired) electrons. The third-order valence-corrected chi connectivity index (χ3v) is 2.16. The van der Waals surface area contributed by atoms with Gasteiger partial charge in [-0.25, -0.2) is 4.79 Å². The van der Waals surface area contributed by atoms with Crippen LogP contribution in [0, 0.1) is 0 Å². The first-order chi connectivity index (χ1) is 8.11. The molecular formula is C11H22N2O4. The molecule has 0 fully saturated rings. The van der Waals surface area contributed by atoms with Crippen LogP contribution >= 0.6 is 0 Å². The van der Waals surface area contributed by atoms with Gasteiger partial charge in [-0.2, -0.15) is 0 Å². The van der Waals surface area contributed by atoms with E-state index < -0.39 is 12.0 Å². The number of carbonyl (C=O) groups is 2. The quantitative estimate of drug-likeness (QED) is 0.431. The summed E-state index contributed by atoms with van der Waals surface area (Å²) in [6.07, 6.45) is 1.92. The van der Waals surface area contributed by atoms with E-state index in [0.717, 1.165) is 26.0 Å². The van der Waals surface area contributed by atoms with Gasteiger partial charge < -0.3 is 20.1 Å². The van der Waals surface area contributed by atoms with E-state index in [4.69, 9.17) is 4.74 Å². The Bertz CT molecular complexity index is 234. The van der Waals surface area contributed by atoms with Crippen LogP contribution in [-0.2, 0) is 19.1 Å². The fraction of sp³-hybridized carbons (Fsp3) is 0.818. The second-order valence-electron chi connectivity index (χ2n) is 3.68. The highest BCUT2D eigenvalue weighted by Crippen LogP contribution is 1.90. The van der Waals surface area contributed by atoms with Crippen molar-refractivity contribution in [1.29, 1.82) is 0 Å².